The summed E-state index contributed by atoms with van der Waals surface area (Å²) in [7, 11) is 0. The molecule has 7 heteroatoms. The standard InChI is InChI=1S/C18H23N5O2/c1-4-5-10-22-16-14(17(24)21-18(22)25)23(11-12(2)3)15(20-16)13-8-6-7-9-19-13/h6-9,12H,4-5,10-11H2,1-3H3,(H,21,24,25). The lowest BCUT2D eigenvalue weighted by Crippen LogP contribution is -2.31. The SMILES string of the molecule is CCCCn1c(=O)[nH]c(=O)c2c1nc(-c1ccccn1)n2CC(C)C. The third-order valence-electron chi connectivity index (χ3n) is 4.06. The molecule has 3 aromatic rings. The van der Waals surface area contributed by atoms with E-state index in [9.17, 15) is 9.59 Å². The van der Waals surface area contributed by atoms with Gasteiger partial charge in [0.2, 0.25) is 0 Å². The predicted octanol–water partition coefficient (Wildman–Crippen LogP) is 2.40. The Morgan fingerprint density at radius 1 is 1.20 bits per heavy atom. The zero-order valence-corrected chi connectivity index (χ0v) is 14.8. The number of aromatic amines is 1. The maximum absolute atomic E-state index is 12.5. The van der Waals surface area contributed by atoms with Crippen molar-refractivity contribution in [2.45, 2.75) is 46.7 Å². The van der Waals surface area contributed by atoms with E-state index in [1.807, 2.05) is 22.8 Å². The molecule has 0 aliphatic heterocycles. The van der Waals surface area contributed by atoms with Gasteiger partial charge < -0.3 is 4.57 Å². The van der Waals surface area contributed by atoms with Crippen LogP contribution in [0.1, 0.15) is 33.6 Å². The third kappa shape index (κ3) is 3.26. The van der Waals surface area contributed by atoms with Crippen LogP contribution in [0.5, 0.6) is 0 Å². The van der Waals surface area contributed by atoms with Gasteiger partial charge in [-0.15, -0.1) is 0 Å². The zero-order chi connectivity index (χ0) is 18.0. The van der Waals surface area contributed by atoms with E-state index >= 15 is 0 Å². The van der Waals surface area contributed by atoms with Gasteiger partial charge in [-0.1, -0.05) is 33.3 Å². The van der Waals surface area contributed by atoms with Crippen molar-refractivity contribution in [1.29, 1.82) is 0 Å². The van der Waals surface area contributed by atoms with E-state index in [-0.39, 0.29) is 0 Å². The minimum Gasteiger partial charge on any atom is -0.317 e. The van der Waals surface area contributed by atoms with Gasteiger partial charge in [0.05, 0.1) is 0 Å². The fourth-order valence-corrected chi connectivity index (χ4v) is 2.93. The summed E-state index contributed by atoms with van der Waals surface area (Å²) in [5.41, 5.74) is 0.748. The Bertz CT molecular complexity index is 982. The number of unbranched alkanes of at least 4 members (excludes halogenated alkanes) is 1. The first-order valence-corrected chi connectivity index (χ1v) is 8.67. The largest absolute Gasteiger partial charge is 0.330 e. The molecule has 3 rings (SSSR count). The Labute approximate surface area is 145 Å². The molecule has 3 heterocycles. The highest BCUT2D eigenvalue weighted by atomic mass is 16.2. The van der Waals surface area contributed by atoms with Crippen molar-refractivity contribution in [2.24, 2.45) is 5.92 Å². The molecular formula is C18H23N5O2. The quantitative estimate of drug-likeness (QED) is 0.746. The number of rotatable bonds is 6. The van der Waals surface area contributed by atoms with Crippen molar-refractivity contribution >= 4 is 11.2 Å². The monoisotopic (exact) mass is 341 g/mol. The van der Waals surface area contributed by atoms with Crippen molar-refractivity contribution in [3.8, 4) is 11.5 Å². The predicted molar refractivity (Wildman–Crippen MR) is 97.6 cm³/mol. The normalized spacial score (nSPS) is 11.5. The van der Waals surface area contributed by atoms with Crippen LogP contribution in [0, 0.1) is 5.92 Å². The van der Waals surface area contributed by atoms with Gasteiger partial charge in [-0.2, -0.15) is 0 Å². The summed E-state index contributed by atoms with van der Waals surface area (Å²) in [6, 6.07) is 5.58. The molecule has 0 fully saturated rings. The molecule has 0 aliphatic carbocycles. The van der Waals surface area contributed by atoms with Gasteiger partial charge in [-0.3, -0.25) is 19.3 Å². The van der Waals surface area contributed by atoms with E-state index in [0.29, 0.717) is 41.7 Å². The maximum atomic E-state index is 12.5. The fraction of sp³-hybridized carbons (Fsp3) is 0.444. The molecule has 3 aromatic heterocycles. The van der Waals surface area contributed by atoms with Crippen LogP contribution in [0.15, 0.2) is 34.0 Å². The highest BCUT2D eigenvalue weighted by Gasteiger charge is 2.20. The summed E-state index contributed by atoms with van der Waals surface area (Å²) in [6.45, 7) is 7.37. The molecule has 0 unspecified atom stereocenters. The Morgan fingerprint density at radius 2 is 2.00 bits per heavy atom. The molecular weight excluding hydrogens is 318 g/mol. The summed E-state index contributed by atoms with van der Waals surface area (Å²) >= 11 is 0. The number of aromatic nitrogens is 5. The van der Waals surface area contributed by atoms with Gasteiger partial charge in [0.1, 0.15) is 5.69 Å². The van der Waals surface area contributed by atoms with Crippen LogP contribution in [0.2, 0.25) is 0 Å². The number of hydrogen-bond acceptors (Lipinski definition) is 4. The van der Waals surface area contributed by atoms with Crippen LogP contribution in [0.3, 0.4) is 0 Å². The van der Waals surface area contributed by atoms with Gasteiger partial charge in [-0.25, -0.2) is 9.78 Å². The maximum Gasteiger partial charge on any atom is 0.330 e. The summed E-state index contributed by atoms with van der Waals surface area (Å²) in [4.78, 5) is 36.3. The number of hydrogen-bond donors (Lipinski definition) is 1. The molecule has 0 spiro atoms. The minimum atomic E-state index is -0.410. The molecule has 25 heavy (non-hydrogen) atoms. The second-order valence-corrected chi connectivity index (χ2v) is 6.59. The number of H-pyrrole nitrogens is 1. The molecule has 0 aromatic carbocycles. The van der Waals surface area contributed by atoms with Crippen LogP contribution in [-0.2, 0) is 13.1 Å². The number of imidazole rings is 1. The minimum absolute atomic E-state index is 0.315. The first-order chi connectivity index (χ1) is 12.0. The molecule has 0 amide bonds. The average molecular weight is 341 g/mol. The molecule has 132 valence electrons. The van der Waals surface area contributed by atoms with Crippen LogP contribution >= 0.6 is 0 Å². The van der Waals surface area contributed by atoms with Crippen LogP contribution in [0.25, 0.3) is 22.7 Å². The number of nitrogens with one attached hydrogen (secondary N) is 1. The molecule has 0 saturated carbocycles. The molecule has 0 bridgehead atoms. The number of fused-ring (bicyclic) bond motifs is 1. The van der Waals surface area contributed by atoms with Gasteiger partial charge in [0.15, 0.2) is 17.0 Å². The van der Waals surface area contributed by atoms with Crippen molar-refractivity contribution in [2.75, 3.05) is 0 Å². The summed E-state index contributed by atoms with van der Waals surface area (Å²) in [6.07, 6.45) is 3.49. The number of aryl methyl sites for hydroxylation is 1. The molecule has 1 N–H and O–H groups in total. The van der Waals surface area contributed by atoms with E-state index in [4.69, 9.17) is 0 Å². The van der Waals surface area contributed by atoms with Crippen molar-refractivity contribution < 1.29 is 0 Å². The van der Waals surface area contributed by atoms with Crippen molar-refractivity contribution in [3.05, 3.63) is 45.2 Å². The zero-order valence-electron chi connectivity index (χ0n) is 14.8. The fourth-order valence-electron chi connectivity index (χ4n) is 2.93. The molecule has 0 atom stereocenters. The Balaban J connectivity index is 2.34. The molecule has 7 nitrogen and oxygen atoms in total. The number of pyridine rings is 1. The first-order valence-electron chi connectivity index (χ1n) is 8.67. The topological polar surface area (TPSA) is 85.6 Å². The lowest BCUT2D eigenvalue weighted by Gasteiger charge is -2.11. The summed E-state index contributed by atoms with van der Waals surface area (Å²) in [5, 5.41) is 0. The van der Waals surface area contributed by atoms with Gasteiger partial charge in [-0.05, 0) is 24.5 Å². The van der Waals surface area contributed by atoms with Crippen molar-refractivity contribution in [3.63, 3.8) is 0 Å². The first kappa shape index (κ1) is 17.1. The highest BCUT2D eigenvalue weighted by Crippen LogP contribution is 2.22. The third-order valence-corrected chi connectivity index (χ3v) is 4.06. The van der Waals surface area contributed by atoms with E-state index in [0.717, 1.165) is 12.8 Å². The summed E-state index contributed by atoms with van der Waals surface area (Å²) < 4.78 is 3.44. The smallest absolute Gasteiger partial charge is 0.317 e. The Morgan fingerprint density at radius 3 is 2.64 bits per heavy atom. The number of nitrogens with zero attached hydrogens (tertiary/aromatic N) is 4. The van der Waals surface area contributed by atoms with E-state index in [2.05, 4.69) is 35.7 Å². The molecule has 0 radical (unpaired) electrons. The van der Waals surface area contributed by atoms with E-state index in [1.165, 1.54) is 0 Å². The average Bonchev–Trinajstić information content (AvgIpc) is 2.94. The molecule has 0 saturated heterocycles. The highest BCUT2D eigenvalue weighted by molar-refractivity contribution is 5.76. The van der Waals surface area contributed by atoms with Crippen LogP contribution < -0.4 is 11.2 Å². The Hall–Kier alpha value is -2.70. The molecule has 0 aliphatic rings. The van der Waals surface area contributed by atoms with Gasteiger partial charge in [0, 0.05) is 19.3 Å². The van der Waals surface area contributed by atoms with Crippen LogP contribution in [-0.4, -0.2) is 24.1 Å². The Kier molecular flexibility index (Phi) is 4.83. The van der Waals surface area contributed by atoms with Gasteiger partial charge >= 0.3 is 5.69 Å². The van der Waals surface area contributed by atoms with E-state index in [1.54, 1.807) is 10.8 Å². The summed E-state index contributed by atoms with van der Waals surface area (Å²) in [5.74, 6) is 0.931. The van der Waals surface area contributed by atoms with E-state index < -0.39 is 11.2 Å². The lowest BCUT2D eigenvalue weighted by atomic mass is 10.2. The lowest BCUT2D eigenvalue weighted by molar-refractivity contribution is 0.534. The second kappa shape index (κ2) is 7.04. The van der Waals surface area contributed by atoms with Gasteiger partial charge in [0.25, 0.3) is 5.56 Å². The second-order valence-electron chi connectivity index (χ2n) is 6.59. The van der Waals surface area contributed by atoms with Crippen molar-refractivity contribution in [1.82, 2.24) is 24.1 Å². The van der Waals surface area contributed by atoms with Crippen LogP contribution in [0.4, 0.5) is 0 Å².